The van der Waals surface area contributed by atoms with Crippen LogP contribution in [0.15, 0.2) is 41.6 Å². The van der Waals surface area contributed by atoms with Crippen LogP contribution in [0.5, 0.6) is 0 Å². The van der Waals surface area contributed by atoms with E-state index in [9.17, 15) is 9.59 Å². The molecule has 0 bridgehead atoms. The largest absolute Gasteiger partial charge is 0.423 e. The van der Waals surface area contributed by atoms with Crippen LogP contribution in [0.3, 0.4) is 0 Å². The molecule has 1 unspecified atom stereocenters. The zero-order valence-corrected chi connectivity index (χ0v) is 19.8. The summed E-state index contributed by atoms with van der Waals surface area (Å²) in [6, 6.07) is 5.48. The molecule has 3 N–H and O–H groups in total. The van der Waals surface area contributed by atoms with Crippen LogP contribution in [0.2, 0.25) is 0 Å². The summed E-state index contributed by atoms with van der Waals surface area (Å²) >= 11 is 0. The maximum absolute atomic E-state index is 13.3. The molecule has 0 spiro atoms. The number of anilines is 2. The molecule has 12 heteroatoms. The summed E-state index contributed by atoms with van der Waals surface area (Å²) in [5, 5.41) is 7.58. The Morgan fingerprint density at radius 3 is 3.03 bits per heavy atom. The fraction of sp³-hybridized carbons (Fsp3) is 0.333. The van der Waals surface area contributed by atoms with Gasteiger partial charge in [-0.05, 0) is 43.0 Å². The molecule has 1 atom stereocenters. The number of methoxy groups -OCH3 is 1. The number of nitrogens with zero attached hydrogens (tertiary/aromatic N) is 6. The Kier molecular flexibility index (Phi) is 6.34. The van der Waals surface area contributed by atoms with Gasteiger partial charge in [0.15, 0.2) is 16.9 Å². The number of nitrogen functional groups attached to an aromatic ring is 1. The first-order valence-electron chi connectivity index (χ1n) is 11.6. The highest BCUT2D eigenvalue weighted by molar-refractivity contribution is 6.12. The number of carbonyl (C=O) groups excluding carboxylic acids is 2. The summed E-state index contributed by atoms with van der Waals surface area (Å²) in [7, 11) is 1.65. The Balaban J connectivity index is 1.45. The van der Waals surface area contributed by atoms with E-state index in [0.29, 0.717) is 41.8 Å². The molecule has 0 radical (unpaired) electrons. The number of aromatic nitrogens is 5. The lowest BCUT2D eigenvalue weighted by atomic mass is 10.1. The maximum atomic E-state index is 13.3. The normalized spacial score (nSPS) is 15.9. The zero-order valence-electron chi connectivity index (χ0n) is 19.8. The molecular formula is C24H26N8O4. The molecular weight excluding hydrogens is 464 g/mol. The third kappa shape index (κ3) is 4.38. The van der Waals surface area contributed by atoms with Crippen LogP contribution in [0.25, 0.3) is 22.1 Å². The van der Waals surface area contributed by atoms with Gasteiger partial charge in [0.2, 0.25) is 5.91 Å². The quantitative estimate of drug-likeness (QED) is 0.371. The number of rotatable bonds is 7. The minimum absolute atomic E-state index is 0.0393. The van der Waals surface area contributed by atoms with Gasteiger partial charge in [0.1, 0.15) is 17.7 Å². The molecule has 2 amide bonds. The van der Waals surface area contributed by atoms with Crippen LogP contribution in [0.1, 0.15) is 34.9 Å². The third-order valence-corrected chi connectivity index (χ3v) is 6.23. The highest BCUT2D eigenvalue weighted by Crippen LogP contribution is 2.29. The Morgan fingerprint density at radius 1 is 1.36 bits per heavy atom. The first kappa shape index (κ1) is 23.4. The van der Waals surface area contributed by atoms with Crippen LogP contribution < -0.4 is 11.1 Å². The number of oxazole rings is 1. The van der Waals surface area contributed by atoms with E-state index in [1.165, 1.54) is 12.4 Å². The number of nitrogens with two attached hydrogens (primary N) is 1. The molecule has 186 valence electrons. The number of benzene rings is 1. The molecule has 12 nitrogen and oxygen atoms in total. The minimum atomic E-state index is -0.554. The van der Waals surface area contributed by atoms with Crippen molar-refractivity contribution in [3.05, 3.63) is 48.4 Å². The molecule has 0 aliphatic carbocycles. The summed E-state index contributed by atoms with van der Waals surface area (Å²) < 4.78 is 12.5. The summed E-state index contributed by atoms with van der Waals surface area (Å²) in [5.74, 6) is -0.572. The number of hydrogen-bond acceptors (Lipinski definition) is 9. The van der Waals surface area contributed by atoms with Crippen LogP contribution in [-0.2, 0) is 16.0 Å². The van der Waals surface area contributed by atoms with Crippen molar-refractivity contribution in [2.24, 2.45) is 0 Å². The molecule has 1 fully saturated rings. The number of fused-ring (bicyclic) bond motifs is 2. The second kappa shape index (κ2) is 9.74. The van der Waals surface area contributed by atoms with Crippen LogP contribution in [0, 0.1) is 0 Å². The van der Waals surface area contributed by atoms with Gasteiger partial charge in [-0.2, -0.15) is 10.1 Å². The van der Waals surface area contributed by atoms with Gasteiger partial charge in [-0.1, -0.05) is 12.6 Å². The predicted octanol–water partition coefficient (Wildman–Crippen LogP) is 2.34. The molecule has 5 rings (SSSR count). The monoisotopic (exact) mass is 490 g/mol. The summed E-state index contributed by atoms with van der Waals surface area (Å²) in [6.45, 7) is 5.22. The summed E-state index contributed by atoms with van der Waals surface area (Å²) in [6.07, 6.45) is 4.90. The van der Waals surface area contributed by atoms with E-state index >= 15 is 0 Å². The molecule has 3 aromatic heterocycles. The van der Waals surface area contributed by atoms with Gasteiger partial charge in [0.05, 0.1) is 18.0 Å². The lowest BCUT2D eigenvalue weighted by molar-refractivity contribution is -0.127. The predicted molar refractivity (Wildman–Crippen MR) is 132 cm³/mol. The average molecular weight is 491 g/mol. The lowest BCUT2D eigenvalue weighted by Gasteiger charge is -2.32. The zero-order chi connectivity index (χ0) is 25.2. The van der Waals surface area contributed by atoms with Gasteiger partial charge in [-0.3, -0.25) is 14.9 Å². The second-order valence-electron chi connectivity index (χ2n) is 8.55. The van der Waals surface area contributed by atoms with E-state index in [1.54, 1.807) is 22.8 Å². The van der Waals surface area contributed by atoms with Crippen LogP contribution in [0.4, 0.5) is 11.8 Å². The molecule has 4 heterocycles. The third-order valence-electron chi connectivity index (χ3n) is 6.23. The Labute approximate surface area is 206 Å². The molecule has 4 aromatic rings. The van der Waals surface area contributed by atoms with E-state index in [2.05, 4.69) is 31.9 Å². The molecule has 1 aliphatic heterocycles. The number of nitrogens with one attached hydrogen (secondary N) is 1. The molecule has 1 aromatic carbocycles. The van der Waals surface area contributed by atoms with Crippen molar-refractivity contribution in [2.75, 3.05) is 37.9 Å². The van der Waals surface area contributed by atoms with E-state index in [0.717, 1.165) is 24.8 Å². The average Bonchev–Trinajstić information content (AvgIpc) is 3.48. The van der Waals surface area contributed by atoms with Crippen molar-refractivity contribution in [3.63, 3.8) is 0 Å². The fourth-order valence-electron chi connectivity index (χ4n) is 4.45. The van der Waals surface area contributed by atoms with Gasteiger partial charge in [-0.25, -0.2) is 14.6 Å². The smallest absolute Gasteiger partial charge is 0.302 e. The Hall–Kier alpha value is -4.32. The standard InChI is InChI=1S/C24H26N8O4/c1-3-18(33)31-9-4-5-15(12-31)32-22-19(21(25)26-13-27-22)20(30-32)23(34)29-24-28-16-11-14(8-10-35-2)6-7-17(16)36-24/h3,6-7,11,13,15H,1,4-5,8-10,12H2,2H3,(H2,25,26,27)(H,28,29,34). The molecule has 0 saturated carbocycles. The lowest BCUT2D eigenvalue weighted by Crippen LogP contribution is -2.40. The molecule has 1 saturated heterocycles. The van der Waals surface area contributed by atoms with Gasteiger partial charge in [0, 0.05) is 20.2 Å². The summed E-state index contributed by atoms with van der Waals surface area (Å²) in [4.78, 5) is 39.9. The first-order chi connectivity index (χ1) is 17.5. The number of carbonyl (C=O) groups is 2. The van der Waals surface area contributed by atoms with Crippen molar-refractivity contribution in [1.82, 2.24) is 29.6 Å². The molecule has 1 aliphatic rings. The highest BCUT2D eigenvalue weighted by atomic mass is 16.5. The Bertz CT molecular complexity index is 1460. The number of hydrogen-bond donors (Lipinski definition) is 2. The van der Waals surface area contributed by atoms with Crippen molar-refractivity contribution in [2.45, 2.75) is 25.3 Å². The van der Waals surface area contributed by atoms with Crippen molar-refractivity contribution >= 4 is 45.8 Å². The van der Waals surface area contributed by atoms with Gasteiger partial charge < -0.3 is 19.8 Å². The van der Waals surface area contributed by atoms with E-state index < -0.39 is 5.91 Å². The number of likely N-dealkylation sites (tertiary alicyclic amines) is 1. The molecule has 36 heavy (non-hydrogen) atoms. The van der Waals surface area contributed by atoms with Crippen molar-refractivity contribution < 1.29 is 18.7 Å². The number of piperidine rings is 1. The minimum Gasteiger partial charge on any atom is -0.423 e. The van der Waals surface area contributed by atoms with Crippen molar-refractivity contribution in [3.8, 4) is 0 Å². The first-order valence-corrected chi connectivity index (χ1v) is 11.6. The van der Waals surface area contributed by atoms with Gasteiger partial charge in [-0.15, -0.1) is 0 Å². The topological polar surface area (TPSA) is 154 Å². The second-order valence-corrected chi connectivity index (χ2v) is 8.55. The van der Waals surface area contributed by atoms with E-state index in [1.807, 2.05) is 12.1 Å². The van der Waals surface area contributed by atoms with Gasteiger partial charge in [0.25, 0.3) is 5.91 Å². The number of ether oxygens (including phenoxy) is 1. The van der Waals surface area contributed by atoms with E-state index in [-0.39, 0.29) is 29.5 Å². The summed E-state index contributed by atoms with van der Waals surface area (Å²) in [5.41, 5.74) is 8.81. The van der Waals surface area contributed by atoms with Gasteiger partial charge >= 0.3 is 6.01 Å². The Morgan fingerprint density at radius 2 is 2.22 bits per heavy atom. The van der Waals surface area contributed by atoms with Crippen molar-refractivity contribution in [1.29, 1.82) is 0 Å². The van der Waals surface area contributed by atoms with Crippen LogP contribution >= 0.6 is 0 Å². The fourth-order valence-corrected chi connectivity index (χ4v) is 4.45. The number of amides is 2. The SMILES string of the molecule is C=CC(=O)N1CCCC(n2nc(C(=O)Nc3nc4cc(CCOC)ccc4o3)c3c(N)ncnc32)C1. The van der Waals surface area contributed by atoms with Crippen LogP contribution in [-0.4, -0.2) is 68.3 Å². The van der Waals surface area contributed by atoms with E-state index in [4.69, 9.17) is 14.9 Å². The maximum Gasteiger partial charge on any atom is 0.302 e. The highest BCUT2D eigenvalue weighted by Gasteiger charge is 2.29.